The van der Waals surface area contributed by atoms with Crippen LogP contribution >= 0.6 is 0 Å². The Morgan fingerprint density at radius 3 is 2.25 bits per heavy atom. The molecule has 0 bridgehead atoms. The number of rotatable bonds is 15. The lowest BCUT2D eigenvalue weighted by Crippen LogP contribution is -2.29. The van der Waals surface area contributed by atoms with Gasteiger partial charge in [-0.3, -0.25) is 9.52 Å². The second kappa shape index (κ2) is 13.5. The number of carbonyl (C=O) groups is 1. The van der Waals surface area contributed by atoms with E-state index in [1.54, 1.807) is 24.3 Å². The summed E-state index contributed by atoms with van der Waals surface area (Å²) >= 11 is 0. The number of hydrogen-bond donors (Lipinski definition) is 2. The van der Waals surface area contributed by atoms with Gasteiger partial charge in [-0.25, -0.2) is 8.42 Å². The van der Waals surface area contributed by atoms with Gasteiger partial charge in [0.1, 0.15) is 6.61 Å². The molecule has 0 radical (unpaired) electrons. The molecule has 1 aromatic rings. The largest absolute Gasteiger partial charge is 0.375 e. The SMILES string of the molecule is CCCCN(CCCC)CCCS(=O)(=O)Nc1cccc(NC(=O)COC)c1. The zero-order valence-corrected chi connectivity index (χ0v) is 18.2. The van der Waals surface area contributed by atoms with Crippen molar-refractivity contribution < 1.29 is 17.9 Å². The Morgan fingerprint density at radius 1 is 1.04 bits per heavy atom. The summed E-state index contributed by atoms with van der Waals surface area (Å²) in [6.07, 6.45) is 5.14. The number of amides is 1. The van der Waals surface area contributed by atoms with Crippen molar-refractivity contribution in [3.05, 3.63) is 24.3 Å². The predicted molar refractivity (Wildman–Crippen MR) is 115 cm³/mol. The molecule has 1 amide bonds. The fourth-order valence-electron chi connectivity index (χ4n) is 2.80. The number of carbonyl (C=O) groups excluding carboxylic acids is 1. The maximum absolute atomic E-state index is 12.4. The average Bonchev–Trinajstić information content (AvgIpc) is 2.63. The van der Waals surface area contributed by atoms with Gasteiger partial charge in [0.05, 0.1) is 11.4 Å². The van der Waals surface area contributed by atoms with Crippen LogP contribution in [0.15, 0.2) is 24.3 Å². The highest BCUT2D eigenvalue weighted by atomic mass is 32.2. The number of nitrogens with one attached hydrogen (secondary N) is 2. The van der Waals surface area contributed by atoms with Crippen LogP contribution in [0.4, 0.5) is 11.4 Å². The molecule has 0 unspecified atom stereocenters. The molecule has 160 valence electrons. The molecule has 0 aliphatic heterocycles. The van der Waals surface area contributed by atoms with Crippen LogP contribution in [0.3, 0.4) is 0 Å². The van der Waals surface area contributed by atoms with E-state index in [1.165, 1.54) is 7.11 Å². The number of unbranched alkanes of at least 4 members (excludes halogenated alkanes) is 2. The summed E-state index contributed by atoms with van der Waals surface area (Å²) in [4.78, 5) is 13.9. The monoisotopic (exact) mass is 413 g/mol. The molecule has 1 rings (SSSR count). The lowest BCUT2D eigenvalue weighted by atomic mass is 10.2. The van der Waals surface area contributed by atoms with Gasteiger partial charge in [-0.2, -0.15) is 0 Å². The van der Waals surface area contributed by atoms with Crippen LogP contribution < -0.4 is 10.0 Å². The predicted octanol–water partition coefficient (Wildman–Crippen LogP) is 3.31. The minimum atomic E-state index is -3.44. The Labute approximate surface area is 169 Å². The molecule has 0 saturated heterocycles. The Balaban J connectivity index is 2.55. The fourth-order valence-corrected chi connectivity index (χ4v) is 3.89. The van der Waals surface area contributed by atoms with E-state index in [1.807, 2.05) is 0 Å². The molecule has 1 aromatic carbocycles. The second-order valence-electron chi connectivity index (χ2n) is 6.89. The van der Waals surface area contributed by atoms with Gasteiger partial charge >= 0.3 is 0 Å². The van der Waals surface area contributed by atoms with Gasteiger partial charge in [0.15, 0.2) is 0 Å². The molecule has 2 N–H and O–H groups in total. The molecule has 0 saturated carbocycles. The summed E-state index contributed by atoms with van der Waals surface area (Å²) in [5.74, 6) is -0.219. The number of sulfonamides is 1. The number of benzene rings is 1. The van der Waals surface area contributed by atoms with Gasteiger partial charge in [-0.15, -0.1) is 0 Å². The lowest BCUT2D eigenvalue weighted by molar-refractivity contribution is -0.119. The number of methoxy groups -OCH3 is 1. The van der Waals surface area contributed by atoms with Crippen molar-refractivity contribution in [2.24, 2.45) is 0 Å². The molecule has 0 atom stereocenters. The van der Waals surface area contributed by atoms with Crippen molar-refractivity contribution in [3.8, 4) is 0 Å². The Hall–Kier alpha value is -1.64. The highest BCUT2D eigenvalue weighted by Gasteiger charge is 2.13. The van der Waals surface area contributed by atoms with E-state index in [0.717, 1.165) is 45.3 Å². The van der Waals surface area contributed by atoms with Crippen LogP contribution in [0, 0.1) is 0 Å². The van der Waals surface area contributed by atoms with Gasteiger partial charge in [-0.05, 0) is 57.1 Å². The molecule has 28 heavy (non-hydrogen) atoms. The van der Waals surface area contributed by atoms with Crippen LogP contribution in [-0.4, -0.2) is 58.3 Å². The van der Waals surface area contributed by atoms with E-state index in [4.69, 9.17) is 4.74 Å². The third-order valence-corrected chi connectivity index (χ3v) is 5.61. The van der Waals surface area contributed by atoms with E-state index in [-0.39, 0.29) is 18.3 Å². The number of nitrogens with zero attached hydrogens (tertiary/aromatic N) is 1. The van der Waals surface area contributed by atoms with E-state index >= 15 is 0 Å². The molecule has 0 aliphatic rings. The van der Waals surface area contributed by atoms with Crippen molar-refractivity contribution in [3.63, 3.8) is 0 Å². The summed E-state index contributed by atoms with van der Waals surface area (Å²) in [5.41, 5.74) is 0.955. The molecular weight excluding hydrogens is 378 g/mol. The van der Waals surface area contributed by atoms with Crippen molar-refractivity contribution in [2.75, 3.05) is 49.1 Å². The Morgan fingerprint density at radius 2 is 1.64 bits per heavy atom. The third kappa shape index (κ3) is 10.6. The summed E-state index contributed by atoms with van der Waals surface area (Å²) in [6.45, 7) is 7.10. The standard InChI is InChI=1S/C20H35N3O4S/c1-4-6-12-23(13-7-5-2)14-9-15-28(25,26)22-19-11-8-10-18(16-19)21-20(24)17-27-3/h8,10-11,16,22H,4-7,9,12-15,17H2,1-3H3,(H,21,24). The molecular formula is C20H35N3O4S. The molecule has 0 aliphatic carbocycles. The summed E-state index contributed by atoms with van der Waals surface area (Å²) in [5, 5.41) is 2.66. The molecule has 0 heterocycles. The molecule has 7 nitrogen and oxygen atoms in total. The third-order valence-electron chi connectivity index (χ3n) is 4.24. The maximum atomic E-state index is 12.4. The van der Waals surface area contributed by atoms with Crippen LogP contribution in [-0.2, 0) is 19.6 Å². The van der Waals surface area contributed by atoms with Crippen LogP contribution in [0.5, 0.6) is 0 Å². The zero-order valence-electron chi connectivity index (χ0n) is 17.4. The first-order valence-corrected chi connectivity index (χ1v) is 11.7. The first-order chi connectivity index (χ1) is 13.4. The summed E-state index contributed by atoms with van der Waals surface area (Å²) < 4.78 is 32.2. The minimum absolute atomic E-state index is 0.0531. The highest BCUT2D eigenvalue weighted by Crippen LogP contribution is 2.17. The van der Waals surface area contributed by atoms with Gasteiger partial charge in [-0.1, -0.05) is 32.8 Å². The first kappa shape index (κ1) is 24.4. The number of hydrogen-bond acceptors (Lipinski definition) is 5. The van der Waals surface area contributed by atoms with Crippen molar-refractivity contribution >= 4 is 27.3 Å². The smallest absolute Gasteiger partial charge is 0.250 e. The zero-order chi connectivity index (χ0) is 20.8. The Bertz CT molecular complexity index is 672. The fraction of sp³-hybridized carbons (Fsp3) is 0.650. The lowest BCUT2D eigenvalue weighted by Gasteiger charge is -2.21. The molecule has 8 heteroatoms. The van der Waals surface area contributed by atoms with E-state index in [9.17, 15) is 13.2 Å². The first-order valence-electron chi connectivity index (χ1n) is 10.0. The summed E-state index contributed by atoms with van der Waals surface area (Å²) in [7, 11) is -2.00. The van der Waals surface area contributed by atoms with Gasteiger partial charge < -0.3 is 15.0 Å². The van der Waals surface area contributed by atoms with E-state index in [0.29, 0.717) is 17.8 Å². The topological polar surface area (TPSA) is 87.7 Å². The Kier molecular flexibility index (Phi) is 11.8. The van der Waals surface area contributed by atoms with Crippen LogP contribution in [0.1, 0.15) is 46.0 Å². The molecule has 0 aromatic heterocycles. The van der Waals surface area contributed by atoms with Crippen LogP contribution in [0.2, 0.25) is 0 Å². The minimum Gasteiger partial charge on any atom is -0.375 e. The van der Waals surface area contributed by atoms with Gasteiger partial charge in [0, 0.05) is 12.8 Å². The van der Waals surface area contributed by atoms with Gasteiger partial charge in [0.2, 0.25) is 15.9 Å². The average molecular weight is 414 g/mol. The summed E-state index contributed by atoms with van der Waals surface area (Å²) in [6, 6.07) is 6.65. The van der Waals surface area contributed by atoms with Gasteiger partial charge in [0.25, 0.3) is 0 Å². The molecule has 0 spiro atoms. The van der Waals surface area contributed by atoms with E-state index < -0.39 is 10.0 Å². The molecule has 0 fully saturated rings. The quantitative estimate of drug-likeness (QED) is 0.461. The number of ether oxygens (including phenoxy) is 1. The maximum Gasteiger partial charge on any atom is 0.250 e. The van der Waals surface area contributed by atoms with E-state index in [2.05, 4.69) is 28.8 Å². The number of anilines is 2. The van der Waals surface area contributed by atoms with Crippen molar-refractivity contribution in [2.45, 2.75) is 46.0 Å². The highest BCUT2D eigenvalue weighted by molar-refractivity contribution is 7.92. The van der Waals surface area contributed by atoms with Crippen molar-refractivity contribution in [1.29, 1.82) is 0 Å². The second-order valence-corrected chi connectivity index (χ2v) is 8.73. The van der Waals surface area contributed by atoms with Crippen LogP contribution in [0.25, 0.3) is 0 Å². The normalized spacial score (nSPS) is 11.6. The van der Waals surface area contributed by atoms with Crippen molar-refractivity contribution in [1.82, 2.24) is 4.90 Å².